The predicted octanol–water partition coefficient (Wildman–Crippen LogP) is 0.755. The molecule has 0 aliphatic carbocycles. The van der Waals surface area contributed by atoms with Crippen molar-refractivity contribution in [3.8, 4) is 0 Å². The lowest BCUT2D eigenvalue weighted by Crippen LogP contribution is -2.48. The number of hydrogen-bond donors (Lipinski definition) is 4. The fourth-order valence-electron chi connectivity index (χ4n) is 5.33. The molecule has 2 amide bonds. The molecule has 2 saturated heterocycles. The van der Waals surface area contributed by atoms with E-state index >= 15 is 0 Å². The standard InChI is InChI=1S/C20H29N3O5Si/c1-12-18(29(2,3)27)16(6-9-24)28-20(12)14-10-13(4-5-15(14)22-19(20)26)23-8-7-21-11-17(23)25/h4-5,10,12,16,18,21,24,27H,6-9,11H2,1-3H3,(H,22,26)/t12-,16+,18-,20+/m0/s1. The van der Waals surface area contributed by atoms with Crippen molar-refractivity contribution in [2.75, 3.05) is 36.5 Å². The SMILES string of the molecule is C[C@H]1[C@H]([Si](C)(C)O)[C@@H](CCO)O[C@]12C(=O)Nc1ccc(N3CCNCC3=O)cc12. The van der Waals surface area contributed by atoms with Crippen LogP contribution in [0.15, 0.2) is 18.2 Å². The summed E-state index contributed by atoms with van der Waals surface area (Å²) in [5.74, 6) is -0.517. The Balaban J connectivity index is 1.79. The first kappa shape index (κ1) is 20.5. The second-order valence-corrected chi connectivity index (χ2v) is 12.8. The molecular formula is C20H29N3O5Si. The Morgan fingerprint density at radius 2 is 2.10 bits per heavy atom. The summed E-state index contributed by atoms with van der Waals surface area (Å²) in [5, 5.41) is 15.5. The number of benzene rings is 1. The molecule has 1 aromatic rings. The van der Waals surface area contributed by atoms with Gasteiger partial charge in [0.1, 0.15) is 0 Å². The highest BCUT2D eigenvalue weighted by atomic mass is 28.4. The zero-order valence-corrected chi connectivity index (χ0v) is 18.1. The smallest absolute Gasteiger partial charge is 0.261 e. The van der Waals surface area contributed by atoms with Crippen LogP contribution in [0.1, 0.15) is 18.9 Å². The van der Waals surface area contributed by atoms with E-state index in [0.29, 0.717) is 30.8 Å². The minimum atomic E-state index is -2.68. The second-order valence-electron chi connectivity index (χ2n) is 8.78. The molecule has 29 heavy (non-hydrogen) atoms. The lowest BCUT2D eigenvalue weighted by Gasteiger charge is -2.32. The number of carbonyl (C=O) groups is 2. The van der Waals surface area contributed by atoms with Gasteiger partial charge in [-0.2, -0.15) is 0 Å². The molecule has 4 N–H and O–H groups in total. The van der Waals surface area contributed by atoms with Crippen molar-refractivity contribution in [1.82, 2.24) is 5.32 Å². The maximum absolute atomic E-state index is 13.2. The summed E-state index contributed by atoms with van der Waals surface area (Å²) in [5.41, 5.74) is 0.705. The van der Waals surface area contributed by atoms with Crippen LogP contribution < -0.4 is 15.5 Å². The molecule has 158 valence electrons. The molecule has 2 fully saturated rings. The Kier molecular flexibility index (Phi) is 5.07. The number of aliphatic hydroxyl groups excluding tert-OH is 1. The number of amides is 2. The molecule has 3 aliphatic heterocycles. The second kappa shape index (κ2) is 7.17. The number of nitrogens with one attached hydrogen (secondary N) is 2. The van der Waals surface area contributed by atoms with Gasteiger partial charge in [0.05, 0.1) is 12.6 Å². The van der Waals surface area contributed by atoms with Gasteiger partial charge >= 0.3 is 0 Å². The molecule has 9 heteroatoms. The Hall–Kier alpha value is -1.78. The molecule has 0 radical (unpaired) electrons. The van der Waals surface area contributed by atoms with Crippen molar-refractivity contribution in [1.29, 1.82) is 0 Å². The van der Waals surface area contributed by atoms with Crippen molar-refractivity contribution < 1.29 is 24.2 Å². The highest BCUT2D eigenvalue weighted by molar-refractivity contribution is 6.71. The van der Waals surface area contributed by atoms with E-state index < -0.39 is 20.0 Å². The van der Waals surface area contributed by atoms with Gasteiger partial charge in [0.15, 0.2) is 13.9 Å². The summed E-state index contributed by atoms with van der Waals surface area (Å²) in [4.78, 5) is 38.2. The van der Waals surface area contributed by atoms with Crippen LogP contribution in [-0.4, -0.2) is 62.4 Å². The number of ether oxygens (including phenoxy) is 1. The van der Waals surface area contributed by atoms with Crippen LogP contribution in [0.25, 0.3) is 0 Å². The fourth-order valence-corrected chi connectivity index (χ4v) is 7.93. The normalized spacial score (nSPS) is 32.0. The molecule has 0 unspecified atom stereocenters. The Bertz CT molecular complexity index is 842. The van der Waals surface area contributed by atoms with Gasteiger partial charge in [-0.3, -0.25) is 9.59 Å². The third-order valence-corrected chi connectivity index (χ3v) is 9.04. The molecule has 4 rings (SSSR count). The third-order valence-electron chi connectivity index (χ3n) is 6.54. The number of carbonyl (C=O) groups excluding carboxylic acids is 2. The van der Waals surface area contributed by atoms with E-state index in [-0.39, 0.29) is 36.4 Å². The Morgan fingerprint density at radius 3 is 2.76 bits per heavy atom. The van der Waals surface area contributed by atoms with Crippen molar-refractivity contribution >= 4 is 31.5 Å². The predicted molar refractivity (Wildman–Crippen MR) is 111 cm³/mol. The van der Waals surface area contributed by atoms with Crippen LogP contribution in [0.2, 0.25) is 18.6 Å². The van der Waals surface area contributed by atoms with Crippen LogP contribution in [0.4, 0.5) is 11.4 Å². The average molecular weight is 420 g/mol. The van der Waals surface area contributed by atoms with Gasteiger partial charge in [0, 0.05) is 48.1 Å². The number of hydrogen-bond acceptors (Lipinski definition) is 6. The van der Waals surface area contributed by atoms with Crippen LogP contribution in [0.5, 0.6) is 0 Å². The molecule has 1 spiro atoms. The minimum Gasteiger partial charge on any atom is -0.432 e. The summed E-state index contributed by atoms with van der Waals surface area (Å²) < 4.78 is 6.40. The zero-order valence-electron chi connectivity index (χ0n) is 17.1. The van der Waals surface area contributed by atoms with Gasteiger partial charge in [-0.15, -0.1) is 0 Å². The highest BCUT2D eigenvalue weighted by Crippen LogP contribution is 2.58. The van der Waals surface area contributed by atoms with Gasteiger partial charge in [0.2, 0.25) is 5.91 Å². The van der Waals surface area contributed by atoms with Crippen molar-refractivity contribution in [2.45, 2.75) is 43.7 Å². The van der Waals surface area contributed by atoms with Gasteiger partial charge in [-0.1, -0.05) is 6.92 Å². The number of aliphatic hydroxyl groups is 1. The Morgan fingerprint density at radius 1 is 1.34 bits per heavy atom. The third kappa shape index (κ3) is 3.12. The van der Waals surface area contributed by atoms with E-state index in [1.165, 1.54) is 0 Å². The molecule has 3 heterocycles. The molecule has 0 saturated carbocycles. The van der Waals surface area contributed by atoms with Crippen LogP contribution >= 0.6 is 0 Å². The van der Waals surface area contributed by atoms with Crippen LogP contribution in [0.3, 0.4) is 0 Å². The molecular weight excluding hydrogens is 390 g/mol. The first-order valence-corrected chi connectivity index (χ1v) is 13.2. The molecule has 8 nitrogen and oxygen atoms in total. The number of fused-ring (bicyclic) bond motifs is 2. The minimum absolute atomic E-state index is 0.0112. The summed E-state index contributed by atoms with van der Waals surface area (Å²) in [6.07, 6.45) is -0.0328. The van der Waals surface area contributed by atoms with Crippen molar-refractivity contribution in [3.05, 3.63) is 23.8 Å². The van der Waals surface area contributed by atoms with Crippen LogP contribution in [-0.2, 0) is 19.9 Å². The van der Waals surface area contributed by atoms with Gasteiger partial charge < -0.3 is 30.2 Å². The molecule has 0 aromatic heterocycles. The molecule has 3 aliphatic rings. The van der Waals surface area contributed by atoms with Gasteiger partial charge in [-0.05, 0) is 37.7 Å². The molecule has 0 bridgehead atoms. The summed E-state index contributed by atoms with van der Waals surface area (Å²) in [7, 11) is -2.68. The lowest BCUT2D eigenvalue weighted by atomic mass is 9.82. The number of nitrogens with zero attached hydrogens (tertiary/aromatic N) is 1. The number of anilines is 2. The highest BCUT2D eigenvalue weighted by Gasteiger charge is 2.64. The van der Waals surface area contributed by atoms with E-state index in [0.717, 1.165) is 5.69 Å². The summed E-state index contributed by atoms with van der Waals surface area (Å²) in [6, 6.07) is 5.53. The lowest BCUT2D eigenvalue weighted by molar-refractivity contribution is -0.143. The number of rotatable bonds is 4. The topological polar surface area (TPSA) is 111 Å². The molecule has 4 atom stereocenters. The first-order valence-electron chi connectivity index (χ1n) is 10.2. The fraction of sp³-hybridized carbons (Fsp3) is 0.600. The van der Waals surface area contributed by atoms with Crippen molar-refractivity contribution in [3.63, 3.8) is 0 Å². The number of piperazine rings is 1. The van der Waals surface area contributed by atoms with Gasteiger partial charge in [0.25, 0.3) is 5.91 Å². The monoisotopic (exact) mass is 419 g/mol. The first-order chi connectivity index (χ1) is 13.7. The van der Waals surface area contributed by atoms with E-state index in [9.17, 15) is 19.5 Å². The summed E-state index contributed by atoms with van der Waals surface area (Å²) in [6.45, 7) is 7.15. The zero-order chi connectivity index (χ0) is 21.0. The molecule has 1 aromatic carbocycles. The van der Waals surface area contributed by atoms with E-state index in [4.69, 9.17) is 4.74 Å². The van der Waals surface area contributed by atoms with E-state index in [1.54, 1.807) is 4.90 Å². The quantitative estimate of drug-likeness (QED) is 0.536. The van der Waals surface area contributed by atoms with Crippen LogP contribution in [0, 0.1) is 5.92 Å². The van der Waals surface area contributed by atoms with Gasteiger partial charge in [-0.25, -0.2) is 0 Å². The average Bonchev–Trinajstić information content (AvgIpc) is 3.10. The maximum atomic E-state index is 13.2. The largest absolute Gasteiger partial charge is 0.432 e. The van der Waals surface area contributed by atoms with E-state index in [1.807, 2.05) is 38.2 Å². The summed E-state index contributed by atoms with van der Waals surface area (Å²) >= 11 is 0. The van der Waals surface area contributed by atoms with E-state index in [2.05, 4.69) is 10.6 Å². The van der Waals surface area contributed by atoms with Crippen molar-refractivity contribution in [2.24, 2.45) is 5.92 Å². The Labute approximate surface area is 171 Å². The maximum Gasteiger partial charge on any atom is 0.261 e.